The lowest BCUT2D eigenvalue weighted by atomic mass is 10.2. The maximum atomic E-state index is 12.4. The number of rotatable bonds is 0. The van der Waals surface area contributed by atoms with Gasteiger partial charge in [0.25, 0.3) is 0 Å². The Kier molecular flexibility index (Phi) is 1.72. The highest BCUT2D eigenvalue weighted by atomic mass is 35.5. The first-order valence-electron chi connectivity index (χ1n) is 2.40. The van der Waals surface area contributed by atoms with E-state index >= 15 is 0 Å². The van der Waals surface area contributed by atoms with Crippen LogP contribution in [0.2, 0.25) is 5.02 Å². The molecule has 0 atom stereocenters. The van der Waals surface area contributed by atoms with Crippen molar-refractivity contribution in [2.75, 3.05) is 0 Å². The van der Waals surface area contributed by atoms with Crippen LogP contribution in [0.25, 0.3) is 0 Å². The molecule has 1 aromatic carbocycles. The Morgan fingerprint density at radius 2 is 2.11 bits per heavy atom. The van der Waals surface area contributed by atoms with E-state index < -0.39 is 5.82 Å². The van der Waals surface area contributed by atoms with Crippen molar-refractivity contribution < 1.29 is 4.39 Å². The predicted octanol–water partition coefficient (Wildman–Crippen LogP) is 2.54. The first kappa shape index (κ1) is 6.56. The summed E-state index contributed by atoms with van der Waals surface area (Å²) in [6, 6.07) is 4.15. The van der Waals surface area contributed by atoms with Crippen LogP contribution in [0.4, 0.5) is 4.39 Å². The Morgan fingerprint density at radius 1 is 1.44 bits per heavy atom. The van der Waals surface area contributed by atoms with Gasteiger partial charge in [-0.2, -0.15) is 0 Å². The normalized spacial score (nSPS) is 9.67. The van der Waals surface area contributed by atoms with E-state index in [9.17, 15) is 4.39 Å². The summed E-state index contributed by atoms with van der Waals surface area (Å²) in [6.07, 6.45) is 0. The predicted molar refractivity (Wildman–Crippen MR) is 34.8 cm³/mol. The van der Waals surface area contributed by atoms with Crippen LogP contribution in [0.3, 0.4) is 0 Å². The van der Waals surface area contributed by atoms with Crippen LogP contribution >= 0.6 is 11.6 Å². The molecular formula is C7H4ClF. The summed E-state index contributed by atoms with van der Waals surface area (Å²) in [4.78, 5) is 0. The number of hydrogen-bond acceptors (Lipinski definition) is 0. The lowest BCUT2D eigenvalue weighted by Gasteiger charge is -1.92. The Bertz CT molecular complexity index is 220. The van der Waals surface area contributed by atoms with Crippen LogP contribution in [0.1, 0.15) is 5.56 Å². The fourth-order valence-corrected chi connectivity index (χ4v) is 0.660. The maximum absolute atomic E-state index is 12.4. The zero-order valence-electron chi connectivity index (χ0n) is 4.57. The van der Waals surface area contributed by atoms with Gasteiger partial charge in [0.05, 0.1) is 0 Å². The molecule has 0 fully saturated rings. The van der Waals surface area contributed by atoms with E-state index in [2.05, 4.69) is 0 Å². The second kappa shape index (κ2) is 2.36. The van der Waals surface area contributed by atoms with Gasteiger partial charge in [-0.05, 0) is 17.7 Å². The number of benzene rings is 1. The molecule has 0 bridgehead atoms. The molecule has 9 heavy (non-hydrogen) atoms. The third-order valence-electron chi connectivity index (χ3n) is 0.962. The fraction of sp³-hybridized carbons (Fsp3) is 0. The molecule has 0 aliphatic rings. The summed E-state index contributed by atoms with van der Waals surface area (Å²) in [6.45, 7) is 5.16. The molecule has 46 valence electrons. The van der Waals surface area contributed by atoms with Gasteiger partial charge < -0.3 is 0 Å². The summed E-state index contributed by atoms with van der Waals surface area (Å²) in [5, 5.41) is 0.363. The van der Waals surface area contributed by atoms with Gasteiger partial charge in [-0.3, -0.25) is 0 Å². The van der Waals surface area contributed by atoms with Crippen molar-refractivity contribution >= 4 is 11.6 Å². The lowest BCUT2D eigenvalue weighted by molar-refractivity contribution is 0.623. The summed E-state index contributed by atoms with van der Waals surface area (Å²) < 4.78 is 12.4. The molecule has 0 amide bonds. The van der Waals surface area contributed by atoms with Crippen LogP contribution in [0.15, 0.2) is 18.2 Å². The topological polar surface area (TPSA) is 0 Å². The monoisotopic (exact) mass is 142 g/mol. The van der Waals surface area contributed by atoms with Crippen LogP contribution in [-0.4, -0.2) is 0 Å². The zero-order valence-corrected chi connectivity index (χ0v) is 5.32. The SMILES string of the molecule is [CH]c1ccc(Cl)cc1F. The Balaban J connectivity index is 3.17. The molecule has 0 heterocycles. The van der Waals surface area contributed by atoms with E-state index in [4.69, 9.17) is 18.5 Å². The van der Waals surface area contributed by atoms with E-state index in [1.165, 1.54) is 12.1 Å². The van der Waals surface area contributed by atoms with Crippen molar-refractivity contribution in [1.82, 2.24) is 0 Å². The fourth-order valence-electron chi connectivity index (χ4n) is 0.502. The maximum Gasteiger partial charge on any atom is 0.128 e. The molecule has 2 radical (unpaired) electrons. The first-order chi connectivity index (χ1) is 4.20. The van der Waals surface area contributed by atoms with Crippen molar-refractivity contribution in [2.45, 2.75) is 0 Å². The molecule has 0 spiro atoms. The van der Waals surface area contributed by atoms with Crippen LogP contribution in [0.5, 0.6) is 0 Å². The minimum Gasteiger partial charge on any atom is -0.207 e. The third-order valence-corrected chi connectivity index (χ3v) is 1.20. The minimum atomic E-state index is -0.470. The molecule has 1 rings (SSSR count). The average molecular weight is 143 g/mol. The molecule has 0 nitrogen and oxygen atoms in total. The zero-order chi connectivity index (χ0) is 6.85. The molecular weight excluding hydrogens is 139 g/mol. The highest BCUT2D eigenvalue weighted by Gasteiger charge is 1.94. The van der Waals surface area contributed by atoms with E-state index in [1.807, 2.05) is 0 Å². The molecule has 0 aliphatic heterocycles. The van der Waals surface area contributed by atoms with Gasteiger partial charge in [0.1, 0.15) is 5.82 Å². The smallest absolute Gasteiger partial charge is 0.128 e. The second-order valence-electron chi connectivity index (χ2n) is 1.67. The van der Waals surface area contributed by atoms with Crippen LogP contribution in [-0.2, 0) is 0 Å². The molecule has 0 aromatic heterocycles. The second-order valence-corrected chi connectivity index (χ2v) is 2.10. The van der Waals surface area contributed by atoms with Crippen molar-refractivity contribution in [1.29, 1.82) is 0 Å². The highest BCUT2D eigenvalue weighted by molar-refractivity contribution is 6.30. The Labute approximate surface area is 58.3 Å². The van der Waals surface area contributed by atoms with E-state index in [0.29, 0.717) is 5.02 Å². The summed E-state index contributed by atoms with van der Waals surface area (Å²) >= 11 is 5.42. The molecule has 1 aromatic rings. The van der Waals surface area contributed by atoms with E-state index in [0.717, 1.165) is 0 Å². The summed E-state index contributed by atoms with van der Waals surface area (Å²) in [5.74, 6) is -0.470. The third kappa shape index (κ3) is 1.42. The molecule has 0 N–H and O–H groups in total. The van der Waals surface area contributed by atoms with Crippen LogP contribution in [0, 0.1) is 12.7 Å². The van der Waals surface area contributed by atoms with E-state index in [1.54, 1.807) is 6.07 Å². The Hall–Kier alpha value is -0.560. The Morgan fingerprint density at radius 3 is 2.56 bits per heavy atom. The summed E-state index contributed by atoms with van der Waals surface area (Å²) in [7, 11) is 0. The van der Waals surface area contributed by atoms with Gasteiger partial charge in [0.2, 0.25) is 0 Å². The van der Waals surface area contributed by atoms with Gasteiger partial charge >= 0.3 is 0 Å². The quantitative estimate of drug-likeness (QED) is 0.522. The van der Waals surface area contributed by atoms with Gasteiger partial charge in [-0.1, -0.05) is 17.7 Å². The van der Waals surface area contributed by atoms with E-state index in [-0.39, 0.29) is 5.56 Å². The average Bonchev–Trinajstić information content (AvgIpc) is 1.80. The minimum absolute atomic E-state index is 0.124. The molecule has 0 saturated carbocycles. The van der Waals surface area contributed by atoms with Gasteiger partial charge in [0, 0.05) is 11.9 Å². The molecule has 0 saturated heterocycles. The summed E-state index contributed by atoms with van der Waals surface area (Å²) in [5.41, 5.74) is 0.124. The van der Waals surface area contributed by atoms with Gasteiger partial charge in [-0.15, -0.1) is 0 Å². The number of halogens is 2. The van der Waals surface area contributed by atoms with Gasteiger partial charge in [-0.25, -0.2) is 4.39 Å². The molecule has 2 heteroatoms. The molecule has 0 unspecified atom stereocenters. The van der Waals surface area contributed by atoms with Crippen molar-refractivity contribution in [2.24, 2.45) is 0 Å². The van der Waals surface area contributed by atoms with Crippen molar-refractivity contribution in [3.63, 3.8) is 0 Å². The molecule has 0 aliphatic carbocycles. The number of hydrogen-bond donors (Lipinski definition) is 0. The van der Waals surface area contributed by atoms with Gasteiger partial charge in [0.15, 0.2) is 0 Å². The van der Waals surface area contributed by atoms with Crippen molar-refractivity contribution in [3.05, 3.63) is 41.5 Å². The standard InChI is InChI=1S/C7H4ClF/c1-5-2-3-6(8)4-7(5)9/h1-4H. The largest absolute Gasteiger partial charge is 0.207 e. The lowest BCUT2D eigenvalue weighted by Crippen LogP contribution is -1.78. The first-order valence-corrected chi connectivity index (χ1v) is 2.78. The van der Waals surface area contributed by atoms with Crippen LogP contribution < -0.4 is 0 Å². The van der Waals surface area contributed by atoms with Crippen molar-refractivity contribution in [3.8, 4) is 0 Å². The highest BCUT2D eigenvalue weighted by Crippen LogP contribution is 2.12.